The van der Waals surface area contributed by atoms with Gasteiger partial charge in [-0.3, -0.25) is 9.59 Å². The van der Waals surface area contributed by atoms with Gasteiger partial charge in [0.25, 0.3) is 5.91 Å². The van der Waals surface area contributed by atoms with Crippen molar-refractivity contribution in [1.82, 2.24) is 10.3 Å². The summed E-state index contributed by atoms with van der Waals surface area (Å²) in [5.74, 6) is -1.68. The molecule has 3 rings (SSSR count). The zero-order valence-electron chi connectivity index (χ0n) is 16.0. The molecule has 7 nitrogen and oxygen atoms in total. The van der Waals surface area contributed by atoms with Crippen LogP contribution >= 0.6 is 27.3 Å². The summed E-state index contributed by atoms with van der Waals surface area (Å²) in [7, 11) is 0. The molecule has 0 spiro atoms. The molecule has 0 aliphatic carbocycles. The number of para-hydroxylation sites is 1. The third-order valence-corrected chi connectivity index (χ3v) is 5.52. The predicted molar refractivity (Wildman–Crippen MR) is 118 cm³/mol. The fourth-order valence-corrected chi connectivity index (χ4v) is 3.57. The minimum atomic E-state index is -0.697. The lowest BCUT2D eigenvalue weighted by molar-refractivity contribution is -0.126. The van der Waals surface area contributed by atoms with Crippen LogP contribution in [0.2, 0.25) is 0 Å². The Hall–Kier alpha value is -3.04. The Kier molecular flexibility index (Phi) is 7.31. The number of aryl methyl sites for hydroxylation is 1. The van der Waals surface area contributed by atoms with E-state index in [0.29, 0.717) is 10.7 Å². The summed E-state index contributed by atoms with van der Waals surface area (Å²) in [6, 6.07) is 14.9. The highest BCUT2D eigenvalue weighted by Gasteiger charge is 2.15. The molecule has 30 heavy (non-hydrogen) atoms. The molecule has 0 aliphatic rings. The number of aromatic nitrogens is 1. The smallest absolute Gasteiger partial charge is 0.358 e. The van der Waals surface area contributed by atoms with Crippen molar-refractivity contribution in [3.8, 4) is 10.6 Å². The highest BCUT2D eigenvalue weighted by atomic mass is 79.9. The number of ether oxygens (including phenoxy) is 1. The molecule has 9 heteroatoms. The van der Waals surface area contributed by atoms with Crippen molar-refractivity contribution in [2.45, 2.75) is 6.92 Å². The molecule has 2 amide bonds. The fourth-order valence-electron chi connectivity index (χ4n) is 2.39. The molecule has 3 aromatic rings. The quantitative estimate of drug-likeness (QED) is 0.494. The largest absolute Gasteiger partial charge is 0.451 e. The van der Waals surface area contributed by atoms with E-state index < -0.39 is 24.4 Å². The Morgan fingerprint density at radius 1 is 1.07 bits per heavy atom. The number of nitrogens with zero attached hydrogens (tertiary/aromatic N) is 1. The van der Waals surface area contributed by atoms with Gasteiger partial charge in [0.05, 0.1) is 12.2 Å². The Balaban J connectivity index is 1.44. The van der Waals surface area contributed by atoms with Crippen molar-refractivity contribution in [3.63, 3.8) is 0 Å². The van der Waals surface area contributed by atoms with E-state index in [0.717, 1.165) is 15.6 Å². The Bertz CT molecular complexity index is 1070. The standard InChI is InChI=1S/C21H18BrN3O4S/c1-13-6-8-14(9-7-13)20-25-17(12-30-20)21(28)29-11-19(27)23-10-18(26)24-16-5-3-2-4-15(16)22/h2-9,12H,10-11H2,1H3,(H,23,27)(H,24,26). The molecule has 2 N–H and O–H groups in total. The third kappa shape index (κ3) is 5.98. The number of amides is 2. The van der Waals surface area contributed by atoms with Crippen molar-refractivity contribution in [3.05, 3.63) is 69.6 Å². The number of hydrogen-bond acceptors (Lipinski definition) is 6. The number of nitrogens with one attached hydrogen (secondary N) is 2. The van der Waals surface area contributed by atoms with Gasteiger partial charge in [-0.15, -0.1) is 11.3 Å². The number of carbonyl (C=O) groups is 3. The first-order valence-corrected chi connectivity index (χ1v) is 10.6. The summed E-state index contributed by atoms with van der Waals surface area (Å²) in [4.78, 5) is 40.2. The van der Waals surface area contributed by atoms with E-state index in [-0.39, 0.29) is 12.2 Å². The van der Waals surface area contributed by atoms with E-state index in [4.69, 9.17) is 4.74 Å². The average Bonchev–Trinajstić information content (AvgIpc) is 3.23. The van der Waals surface area contributed by atoms with Crippen molar-refractivity contribution in [2.24, 2.45) is 0 Å². The molecule has 0 saturated heterocycles. The maximum absolute atomic E-state index is 12.1. The SMILES string of the molecule is Cc1ccc(-c2nc(C(=O)OCC(=O)NCC(=O)Nc3ccccc3Br)cs2)cc1. The Labute approximate surface area is 185 Å². The van der Waals surface area contributed by atoms with Gasteiger partial charge in [-0.25, -0.2) is 9.78 Å². The van der Waals surface area contributed by atoms with Gasteiger partial charge < -0.3 is 15.4 Å². The van der Waals surface area contributed by atoms with Crippen LogP contribution in [-0.2, 0) is 14.3 Å². The van der Waals surface area contributed by atoms with Crippen LogP contribution in [0.3, 0.4) is 0 Å². The van der Waals surface area contributed by atoms with E-state index in [1.165, 1.54) is 11.3 Å². The van der Waals surface area contributed by atoms with Gasteiger partial charge in [0, 0.05) is 15.4 Å². The summed E-state index contributed by atoms with van der Waals surface area (Å²) >= 11 is 4.64. The maximum Gasteiger partial charge on any atom is 0.358 e. The van der Waals surface area contributed by atoms with Gasteiger partial charge >= 0.3 is 5.97 Å². The number of halogens is 1. The van der Waals surface area contributed by atoms with Crippen LogP contribution in [0.25, 0.3) is 10.6 Å². The van der Waals surface area contributed by atoms with Crippen molar-refractivity contribution < 1.29 is 19.1 Å². The van der Waals surface area contributed by atoms with E-state index >= 15 is 0 Å². The first kappa shape index (κ1) is 21.7. The second-order valence-corrected chi connectivity index (χ2v) is 8.00. The lowest BCUT2D eigenvalue weighted by atomic mass is 10.2. The number of esters is 1. The lowest BCUT2D eigenvalue weighted by Crippen LogP contribution is -2.35. The van der Waals surface area contributed by atoms with Gasteiger partial charge in [0.2, 0.25) is 5.91 Å². The second kappa shape index (κ2) is 10.1. The van der Waals surface area contributed by atoms with Crippen LogP contribution in [0, 0.1) is 6.92 Å². The first-order chi connectivity index (χ1) is 14.4. The molecule has 0 unspecified atom stereocenters. The molecule has 0 fully saturated rings. The predicted octanol–water partition coefficient (Wildman–Crippen LogP) is 3.79. The summed E-state index contributed by atoms with van der Waals surface area (Å²) in [6.07, 6.45) is 0. The van der Waals surface area contributed by atoms with Crippen molar-refractivity contribution in [1.29, 1.82) is 0 Å². The van der Waals surface area contributed by atoms with E-state index in [2.05, 4.69) is 31.5 Å². The molecule has 0 bridgehead atoms. The number of anilines is 1. The molecule has 2 aromatic carbocycles. The Morgan fingerprint density at radius 3 is 2.53 bits per heavy atom. The molecular formula is C21H18BrN3O4S. The summed E-state index contributed by atoms with van der Waals surface area (Å²) in [5.41, 5.74) is 2.76. The third-order valence-electron chi connectivity index (χ3n) is 3.94. The molecule has 0 saturated carbocycles. The van der Waals surface area contributed by atoms with Crippen LogP contribution < -0.4 is 10.6 Å². The number of benzene rings is 2. The highest BCUT2D eigenvalue weighted by Crippen LogP contribution is 2.24. The highest BCUT2D eigenvalue weighted by molar-refractivity contribution is 9.10. The maximum atomic E-state index is 12.1. The monoisotopic (exact) mass is 487 g/mol. The van der Waals surface area contributed by atoms with Crippen LogP contribution in [0.4, 0.5) is 5.69 Å². The van der Waals surface area contributed by atoms with Gasteiger partial charge in [-0.2, -0.15) is 0 Å². The number of hydrogen-bond donors (Lipinski definition) is 2. The van der Waals surface area contributed by atoms with Crippen LogP contribution in [0.15, 0.2) is 58.4 Å². The van der Waals surface area contributed by atoms with E-state index in [1.54, 1.807) is 23.6 Å². The number of rotatable bonds is 7. The minimum Gasteiger partial charge on any atom is -0.451 e. The molecule has 154 valence electrons. The first-order valence-electron chi connectivity index (χ1n) is 8.93. The van der Waals surface area contributed by atoms with Crippen LogP contribution in [-0.4, -0.2) is 35.9 Å². The molecule has 0 atom stereocenters. The lowest BCUT2D eigenvalue weighted by Gasteiger charge is -2.08. The van der Waals surface area contributed by atoms with Gasteiger partial charge in [0.15, 0.2) is 12.3 Å². The molecule has 0 radical (unpaired) electrons. The summed E-state index contributed by atoms with van der Waals surface area (Å²) < 4.78 is 5.71. The van der Waals surface area contributed by atoms with E-state index in [9.17, 15) is 14.4 Å². The second-order valence-electron chi connectivity index (χ2n) is 6.28. The molecule has 1 aromatic heterocycles. The van der Waals surface area contributed by atoms with Crippen molar-refractivity contribution in [2.75, 3.05) is 18.5 Å². The zero-order chi connectivity index (χ0) is 21.5. The van der Waals surface area contributed by atoms with Gasteiger partial charge in [-0.1, -0.05) is 42.0 Å². The van der Waals surface area contributed by atoms with Crippen LogP contribution in [0.5, 0.6) is 0 Å². The number of carbonyl (C=O) groups excluding carboxylic acids is 3. The van der Waals surface area contributed by atoms with Gasteiger partial charge in [-0.05, 0) is 35.0 Å². The summed E-state index contributed by atoms with van der Waals surface area (Å²) in [5, 5.41) is 7.34. The molecular weight excluding hydrogens is 470 g/mol. The number of thiazole rings is 1. The molecule has 1 heterocycles. The fraction of sp³-hybridized carbons (Fsp3) is 0.143. The zero-order valence-corrected chi connectivity index (χ0v) is 18.4. The minimum absolute atomic E-state index is 0.134. The topological polar surface area (TPSA) is 97.4 Å². The Morgan fingerprint density at radius 2 is 1.80 bits per heavy atom. The van der Waals surface area contributed by atoms with Crippen LogP contribution in [0.1, 0.15) is 16.1 Å². The summed E-state index contributed by atoms with van der Waals surface area (Å²) in [6.45, 7) is 1.24. The average molecular weight is 488 g/mol. The normalized spacial score (nSPS) is 10.3. The van der Waals surface area contributed by atoms with E-state index in [1.807, 2.05) is 37.3 Å². The van der Waals surface area contributed by atoms with Crippen molar-refractivity contribution >= 4 is 50.7 Å². The van der Waals surface area contributed by atoms with Gasteiger partial charge in [0.1, 0.15) is 5.01 Å². The molecule has 0 aliphatic heterocycles.